The molecule has 32 heavy (non-hydrogen) atoms. The first-order valence-electron chi connectivity index (χ1n) is 10.9. The maximum Gasteiger partial charge on any atom is 0.134 e. The van der Waals surface area contributed by atoms with E-state index in [4.69, 9.17) is 0 Å². The molecule has 3 atom stereocenters. The van der Waals surface area contributed by atoms with E-state index in [0.29, 0.717) is 0 Å². The summed E-state index contributed by atoms with van der Waals surface area (Å²) in [7, 11) is 0. The van der Waals surface area contributed by atoms with E-state index in [2.05, 4.69) is 133 Å². The Bertz CT molecular complexity index is 1350. The van der Waals surface area contributed by atoms with Crippen molar-refractivity contribution in [2.75, 3.05) is 20.4 Å². The van der Waals surface area contributed by atoms with Crippen LogP contribution in [0.25, 0.3) is 0 Å². The largest absolute Gasteiger partial charge is 0.361 e. The number of nitrogens with one attached hydrogen (secondary N) is 2. The van der Waals surface area contributed by atoms with Crippen molar-refractivity contribution in [2.45, 2.75) is 18.5 Å². The van der Waals surface area contributed by atoms with Crippen LogP contribution in [-0.2, 0) is 0 Å². The Morgan fingerprint density at radius 1 is 0.656 bits per heavy atom. The molecule has 4 bridgehead atoms. The molecular formula is C27H21BrN4. The third kappa shape index (κ3) is 2.43. The van der Waals surface area contributed by atoms with Gasteiger partial charge in [0.25, 0.3) is 0 Å². The zero-order valence-electron chi connectivity index (χ0n) is 17.2. The fourth-order valence-corrected chi connectivity index (χ4v) is 5.89. The minimum atomic E-state index is -0.0144. The van der Waals surface area contributed by atoms with E-state index >= 15 is 0 Å². The van der Waals surface area contributed by atoms with Gasteiger partial charge in [-0.25, -0.2) is 0 Å². The van der Waals surface area contributed by atoms with Gasteiger partial charge in [-0.1, -0.05) is 66.7 Å². The van der Waals surface area contributed by atoms with Crippen molar-refractivity contribution in [3.05, 3.63) is 118 Å². The number of anilines is 4. The van der Waals surface area contributed by atoms with Crippen LogP contribution >= 0.6 is 15.9 Å². The molecule has 0 saturated heterocycles. The molecule has 2 N–H and O–H groups in total. The number of rotatable bonds is 2. The second-order valence-corrected chi connectivity index (χ2v) is 9.32. The maximum absolute atomic E-state index is 3.87. The Morgan fingerprint density at radius 2 is 1.28 bits per heavy atom. The molecule has 3 aliphatic rings. The monoisotopic (exact) mass is 480 g/mol. The van der Waals surface area contributed by atoms with Crippen LogP contribution in [0.3, 0.4) is 0 Å². The summed E-state index contributed by atoms with van der Waals surface area (Å²) in [5.41, 5.74) is 8.69. The number of hydrogen-bond acceptors (Lipinski definition) is 4. The van der Waals surface area contributed by atoms with E-state index in [1.807, 2.05) is 0 Å². The second kappa shape index (κ2) is 6.78. The van der Waals surface area contributed by atoms with E-state index in [1.165, 1.54) is 33.8 Å². The molecule has 0 aromatic heterocycles. The summed E-state index contributed by atoms with van der Waals surface area (Å²) in [6.07, 6.45) is 0.176. The van der Waals surface area contributed by atoms with Gasteiger partial charge in [0.05, 0.1) is 5.69 Å². The van der Waals surface area contributed by atoms with Gasteiger partial charge in [0.15, 0.2) is 0 Å². The van der Waals surface area contributed by atoms with Crippen LogP contribution in [0.15, 0.2) is 102 Å². The topological polar surface area (TPSA) is 30.5 Å². The first-order valence-corrected chi connectivity index (χ1v) is 11.7. The van der Waals surface area contributed by atoms with E-state index in [-0.39, 0.29) is 18.5 Å². The van der Waals surface area contributed by atoms with E-state index in [1.54, 1.807) is 0 Å². The van der Waals surface area contributed by atoms with Crippen molar-refractivity contribution in [3.63, 3.8) is 0 Å². The van der Waals surface area contributed by atoms with Gasteiger partial charge in [0.2, 0.25) is 0 Å². The van der Waals surface area contributed by atoms with Crippen LogP contribution in [0.2, 0.25) is 0 Å². The van der Waals surface area contributed by atoms with Crippen molar-refractivity contribution in [2.24, 2.45) is 0 Å². The standard InChI is InChI=1S/C27H21BrN4/c28-20-12-4-6-14-22(20)30-26-19-11-3-8-16-24(19)31-25-18-10-2-7-15-23(18)32(26)27(31)17-9-1-5-13-21(17)29-25/h1-16,25-27,29-30H/t25-,26+,27?/m1/s1. The van der Waals surface area contributed by atoms with Gasteiger partial charge in [0, 0.05) is 38.2 Å². The summed E-state index contributed by atoms with van der Waals surface area (Å²) in [5.74, 6) is 0. The van der Waals surface area contributed by atoms with Crippen LogP contribution in [0.4, 0.5) is 22.7 Å². The van der Waals surface area contributed by atoms with Crippen LogP contribution in [0.5, 0.6) is 0 Å². The first kappa shape index (κ1) is 18.2. The fraction of sp³-hybridized carbons (Fsp3) is 0.111. The van der Waals surface area contributed by atoms with Gasteiger partial charge >= 0.3 is 0 Å². The van der Waals surface area contributed by atoms with Gasteiger partial charge < -0.3 is 20.4 Å². The van der Waals surface area contributed by atoms with Crippen molar-refractivity contribution < 1.29 is 0 Å². The van der Waals surface area contributed by atoms with Crippen molar-refractivity contribution >= 4 is 38.7 Å². The predicted octanol–water partition coefficient (Wildman–Crippen LogP) is 7.02. The highest BCUT2D eigenvalue weighted by Crippen LogP contribution is 2.58. The summed E-state index contributed by atoms with van der Waals surface area (Å²) in [4.78, 5) is 5.09. The van der Waals surface area contributed by atoms with E-state index in [0.717, 1.165) is 10.2 Å². The average molecular weight is 481 g/mol. The normalized spacial score (nSPS) is 21.7. The zero-order valence-corrected chi connectivity index (χ0v) is 18.8. The molecule has 156 valence electrons. The lowest BCUT2D eigenvalue weighted by Crippen LogP contribution is -2.58. The Kier molecular flexibility index (Phi) is 3.85. The molecule has 3 aliphatic heterocycles. The molecule has 0 fully saturated rings. The van der Waals surface area contributed by atoms with E-state index < -0.39 is 0 Å². The van der Waals surface area contributed by atoms with Gasteiger partial charge in [0.1, 0.15) is 18.5 Å². The summed E-state index contributed by atoms with van der Waals surface area (Å²) in [6.45, 7) is 0. The number of benzene rings is 4. The van der Waals surface area contributed by atoms with Crippen LogP contribution in [-0.4, -0.2) is 0 Å². The Morgan fingerprint density at radius 3 is 2.09 bits per heavy atom. The van der Waals surface area contributed by atoms with Crippen LogP contribution in [0.1, 0.15) is 35.2 Å². The lowest BCUT2D eigenvalue weighted by molar-refractivity contribution is 0.432. The molecule has 4 aromatic rings. The number of halogens is 1. The minimum Gasteiger partial charge on any atom is -0.361 e. The van der Waals surface area contributed by atoms with Crippen LogP contribution < -0.4 is 20.4 Å². The lowest BCUT2D eigenvalue weighted by Gasteiger charge is -2.60. The maximum atomic E-state index is 3.87. The van der Waals surface area contributed by atoms with Gasteiger partial charge in [-0.3, -0.25) is 0 Å². The third-order valence-corrected chi connectivity index (χ3v) is 7.49. The molecule has 0 saturated carbocycles. The first-order chi connectivity index (χ1) is 15.8. The van der Waals surface area contributed by atoms with E-state index in [9.17, 15) is 0 Å². The fourth-order valence-electron chi connectivity index (χ4n) is 5.49. The molecule has 0 spiro atoms. The Hall–Kier alpha value is -3.44. The molecule has 4 aromatic carbocycles. The molecule has 4 nitrogen and oxygen atoms in total. The third-order valence-electron chi connectivity index (χ3n) is 6.80. The summed E-state index contributed by atoms with van der Waals surface area (Å²) >= 11 is 3.74. The Labute approximate surface area is 195 Å². The van der Waals surface area contributed by atoms with Gasteiger partial charge in [-0.15, -0.1) is 0 Å². The van der Waals surface area contributed by atoms with Crippen molar-refractivity contribution in [1.29, 1.82) is 0 Å². The molecule has 3 heterocycles. The SMILES string of the molecule is Brc1ccccc1N[C@@H]1c2ccccc2N2C3c4ccccc4N[C@H]2c2ccccc2N31. The number of nitrogens with zero attached hydrogens (tertiary/aromatic N) is 2. The highest BCUT2D eigenvalue weighted by molar-refractivity contribution is 9.10. The van der Waals surface area contributed by atoms with Gasteiger partial charge in [-0.2, -0.15) is 0 Å². The summed E-state index contributed by atoms with van der Waals surface area (Å²) in [5, 5.41) is 7.69. The number of hydrogen-bond donors (Lipinski definition) is 2. The Balaban J connectivity index is 1.51. The molecule has 7 rings (SSSR count). The number of para-hydroxylation sites is 4. The summed E-state index contributed by atoms with van der Waals surface area (Å²) < 4.78 is 1.06. The summed E-state index contributed by atoms with van der Waals surface area (Å²) in [6, 6.07) is 34.6. The molecule has 0 radical (unpaired) electrons. The second-order valence-electron chi connectivity index (χ2n) is 8.47. The predicted molar refractivity (Wildman–Crippen MR) is 134 cm³/mol. The van der Waals surface area contributed by atoms with Crippen molar-refractivity contribution in [1.82, 2.24) is 0 Å². The zero-order chi connectivity index (χ0) is 21.2. The van der Waals surface area contributed by atoms with Gasteiger partial charge in [-0.05, 0) is 46.3 Å². The molecule has 0 aliphatic carbocycles. The molecule has 0 amide bonds. The lowest BCUT2D eigenvalue weighted by atomic mass is 9.88. The highest BCUT2D eigenvalue weighted by atomic mass is 79.9. The quantitative estimate of drug-likeness (QED) is 0.322. The molecular weight excluding hydrogens is 460 g/mol. The number of fused-ring (bicyclic) bond motifs is 5. The highest BCUT2D eigenvalue weighted by Gasteiger charge is 2.50. The smallest absolute Gasteiger partial charge is 0.134 e. The molecule has 5 heteroatoms. The van der Waals surface area contributed by atoms with Crippen LogP contribution in [0, 0.1) is 0 Å². The van der Waals surface area contributed by atoms with Crippen molar-refractivity contribution in [3.8, 4) is 0 Å². The minimum absolute atomic E-state index is 0.0144. The molecule has 1 unspecified atom stereocenters. The average Bonchev–Trinajstić information content (AvgIpc) is 2.84.